The van der Waals surface area contributed by atoms with Crippen molar-refractivity contribution in [1.82, 2.24) is 0 Å². The van der Waals surface area contributed by atoms with Crippen LogP contribution < -0.4 is 21.7 Å². The Morgan fingerprint density at radius 1 is 1.21 bits per heavy atom. The second-order valence-corrected chi connectivity index (χ2v) is 3.45. The van der Waals surface area contributed by atoms with Gasteiger partial charge in [0.25, 0.3) is 0 Å². The Morgan fingerprint density at radius 3 is 2.29 bits per heavy atom. The van der Waals surface area contributed by atoms with Gasteiger partial charge in [0.1, 0.15) is 0 Å². The molecule has 1 rings (SSSR count). The first kappa shape index (κ1) is 13.9. The molecule has 0 N–H and O–H groups in total. The average molecular weight is 320 g/mol. The fourth-order valence-corrected chi connectivity index (χ4v) is 1.80. The smallest absolute Gasteiger partial charge is 1.00 e. The minimum absolute atomic E-state index is 0. The molecule has 0 aliphatic carbocycles. The molecular formula is C8H6BrF3OZn. The third-order valence-electron chi connectivity index (χ3n) is 1.47. The third kappa shape index (κ3) is 4.42. The van der Waals surface area contributed by atoms with Crippen molar-refractivity contribution in [3.05, 3.63) is 29.8 Å². The predicted molar refractivity (Wildman–Crippen MR) is 36.8 cm³/mol. The van der Waals surface area contributed by atoms with Gasteiger partial charge in [0.05, 0.1) is 0 Å². The molecule has 1 aromatic carbocycles. The van der Waals surface area contributed by atoms with Gasteiger partial charge in [-0.3, -0.25) is 0 Å². The number of hydrogen-bond acceptors (Lipinski definition) is 1. The van der Waals surface area contributed by atoms with Crippen LogP contribution in [0.5, 0.6) is 5.75 Å². The monoisotopic (exact) mass is 318 g/mol. The maximum Gasteiger partial charge on any atom is -1.00 e. The van der Waals surface area contributed by atoms with Crippen LogP contribution in [0, 0.1) is 0 Å². The Balaban J connectivity index is 0.00000169. The van der Waals surface area contributed by atoms with Crippen LogP contribution in [0.15, 0.2) is 24.3 Å². The topological polar surface area (TPSA) is 9.23 Å². The molecule has 0 atom stereocenters. The molecule has 0 spiro atoms. The van der Waals surface area contributed by atoms with Crippen molar-refractivity contribution in [2.24, 2.45) is 0 Å². The molecule has 0 radical (unpaired) electrons. The number of ether oxygens (including phenoxy) is 1. The summed E-state index contributed by atoms with van der Waals surface area (Å²) in [5.74, 6) is -0.0822. The van der Waals surface area contributed by atoms with Crippen molar-refractivity contribution < 1.29 is 53.2 Å². The van der Waals surface area contributed by atoms with Crippen molar-refractivity contribution >= 4 is 0 Å². The van der Waals surface area contributed by atoms with Crippen molar-refractivity contribution in [2.75, 3.05) is 0 Å². The largest absolute Gasteiger partial charge is 1.00 e. The number of benzene rings is 1. The summed E-state index contributed by atoms with van der Waals surface area (Å²) < 4.78 is 39.4. The van der Waals surface area contributed by atoms with E-state index in [1.807, 2.05) is 0 Å². The zero-order valence-corrected chi connectivity index (χ0v) is 11.7. The van der Waals surface area contributed by atoms with Crippen LogP contribution >= 0.6 is 0 Å². The number of halogens is 4. The van der Waals surface area contributed by atoms with Gasteiger partial charge in [-0.25, -0.2) is 0 Å². The Morgan fingerprint density at radius 2 is 1.79 bits per heavy atom. The summed E-state index contributed by atoms with van der Waals surface area (Å²) in [4.78, 5) is 0. The molecule has 0 aliphatic rings. The molecule has 1 aromatic rings. The molecule has 0 aromatic heterocycles. The first-order valence-corrected chi connectivity index (χ1v) is 5.75. The summed E-state index contributed by atoms with van der Waals surface area (Å²) in [6, 6.07) is 6.21. The molecule has 0 amide bonds. The van der Waals surface area contributed by atoms with E-state index in [9.17, 15) is 13.2 Å². The van der Waals surface area contributed by atoms with E-state index in [1.165, 1.54) is 12.1 Å². The Labute approximate surface area is 100 Å². The number of rotatable bonds is 2. The number of hydrogen-bond donors (Lipinski definition) is 0. The maximum absolute atomic E-state index is 11.8. The predicted octanol–water partition coefficient (Wildman–Crippen LogP) is -0.364. The van der Waals surface area contributed by atoms with Gasteiger partial charge in [-0.15, -0.1) is 0 Å². The first-order chi connectivity index (χ1) is 6.03. The molecule has 1 nitrogen and oxygen atoms in total. The zero-order valence-electron chi connectivity index (χ0n) is 7.14. The van der Waals surface area contributed by atoms with Crippen LogP contribution in [0.25, 0.3) is 0 Å². The minimum Gasteiger partial charge on any atom is -1.00 e. The molecule has 6 heteroatoms. The normalized spacial score (nSPS) is 10.6. The fourth-order valence-electron chi connectivity index (χ4n) is 0.935. The van der Waals surface area contributed by atoms with Gasteiger partial charge in [-0.1, -0.05) is 0 Å². The molecule has 0 bridgehead atoms. The summed E-state index contributed by atoms with van der Waals surface area (Å²) in [5.41, 5.74) is 0.611. The van der Waals surface area contributed by atoms with E-state index in [2.05, 4.69) is 4.74 Å². The Bertz CT molecular complexity index is 290. The van der Waals surface area contributed by atoms with Crippen LogP contribution in [0.3, 0.4) is 0 Å². The Kier molecular flexibility index (Phi) is 5.68. The SMILES string of the molecule is FC(F)(F)Oc1ccccc1[CH2][Zn+].[Br-]. The average Bonchev–Trinajstić information content (AvgIpc) is 2.02. The van der Waals surface area contributed by atoms with E-state index in [-0.39, 0.29) is 22.7 Å². The summed E-state index contributed by atoms with van der Waals surface area (Å²) in [5, 5.41) is 0.645. The first-order valence-electron chi connectivity index (χ1n) is 3.66. The van der Waals surface area contributed by atoms with E-state index in [4.69, 9.17) is 0 Å². The fraction of sp³-hybridized carbons (Fsp3) is 0.250. The molecule has 0 saturated heterocycles. The second-order valence-electron chi connectivity index (χ2n) is 2.41. The number of alkyl halides is 3. The van der Waals surface area contributed by atoms with Gasteiger partial charge >= 0.3 is 83.2 Å². The van der Waals surface area contributed by atoms with E-state index in [1.54, 1.807) is 12.1 Å². The van der Waals surface area contributed by atoms with Crippen molar-refractivity contribution in [3.8, 4) is 5.75 Å². The molecule has 0 unspecified atom stereocenters. The molecule has 74 valence electrons. The van der Waals surface area contributed by atoms with E-state index in [0.29, 0.717) is 10.6 Å². The van der Waals surface area contributed by atoms with Gasteiger partial charge in [-0.2, -0.15) is 0 Å². The van der Waals surface area contributed by atoms with Crippen molar-refractivity contribution in [3.63, 3.8) is 0 Å². The van der Waals surface area contributed by atoms with Gasteiger partial charge in [-0.05, 0) is 0 Å². The molecule has 14 heavy (non-hydrogen) atoms. The van der Waals surface area contributed by atoms with Crippen LogP contribution in [0.1, 0.15) is 5.56 Å². The quantitative estimate of drug-likeness (QED) is 0.676. The van der Waals surface area contributed by atoms with Crippen molar-refractivity contribution in [1.29, 1.82) is 0 Å². The van der Waals surface area contributed by atoms with Crippen LogP contribution in [-0.2, 0) is 23.3 Å². The summed E-state index contributed by atoms with van der Waals surface area (Å²) in [6.45, 7) is 0. The zero-order chi connectivity index (χ0) is 9.90. The van der Waals surface area contributed by atoms with E-state index >= 15 is 0 Å². The second kappa shape index (κ2) is 5.71. The van der Waals surface area contributed by atoms with E-state index in [0.717, 1.165) is 18.3 Å². The van der Waals surface area contributed by atoms with Crippen LogP contribution in [0.4, 0.5) is 13.2 Å². The standard InChI is InChI=1S/C8H6F3O.BrH.Zn/c1-6-4-2-3-5-7(6)12-8(9,10)11;;/h2-5H,1H2;1H;/q;;+1/p-1. The van der Waals surface area contributed by atoms with Gasteiger partial charge in [0, 0.05) is 0 Å². The molecule has 0 fully saturated rings. The van der Waals surface area contributed by atoms with Gasteiger partial charge in [0.15, 0.2) is 0 Å². The molecular weight excluding hydrogens is 314 g/mol. The van der Waals surface area contributed by atoms with Crippen molar-refractivity contribution in [2.45, 2.75) is 11.4 Å². The van der Waals surface area contributed by atoms with E-state index < -0.39 is 6.36 Å². The van der Waals surface area contributed by atoms with Gasteiger partial charge < -0.3 is 17.0 Å². The maximum atomic E-state index is 11.8. The number of para-hydroxylation sites is 1. The molecule has 0 aliphatic heterocycles. The molecule has 0 heterocycles. The Hall–Kier alpha value is -0.0866. The third-order valence-corrected chi connectivity index (χ3v) is 2.60. The minimum atomic E-state index is -4.59. The summed E-state index contributed by atoms with van der Waals surface area (Å²) in [6.07, 6.45) is -4.59. The summed E-state index contributed by atoms with van der Waals surface area (Å²) in [7, 11) is 0. The van der Waals surface area contributed by atoms with Crippen LogP contribution in [-0.4, -0.2) is 6.36 Å². The summed E-state index contributed by atoms with van der Waals surface area (Å²) >= 11 is 0.915. The van der Waals surface area contributed by atoms with Crippen LogP contribution in [0.2, 0.25) is 0 Å². The van der Waals surface area contributed by atoms with Gasteiger partial charge in [0.2, 0.25) is 0 Å². The molecule has 0 saturated carbocycles.